The molecule has 19 heavy (non-hydrogen) atoms. The van der Waals surface area contributed by atoms with Crippen molar-refractivity contribution < 1.29 is 0 Å². The first-order valence-corrected chi connectivity index (χ1v) is 6.82. The summed E-state index contributed by atoms with van der Waals surface area (Å²) < 4.78 is 0. The molecule has 0 saturated carbocycles. The predicted molar refractivity (Wildman–Crippen MR) is 73.6 cm³/mol. The summed E-state index contributed by atoms with van der Waals surface area (Å²) in [6.45, 7) is 0. The third-order valence-electron chi connectivity index (χ3n) is 3.61. The van der Waals surface area contributed by atoms with Gasteiger partial charge in [0.15, 0.2) is 0 Å². The maximum atomic E-state index is 6.16. The molecule has 2 N–H and O–H groups in total. The van der Waals surface area contributed by atoms with E-state index in [0.29, 0.717) is 0 Å². The average molecular weight is 254 g/mol. The van der Waals surface area contributed by atoms with Crippen molar-refractivity contribution in [3.05, 3.63) is 53.4 Å². The summed E-state index contributed by atoms with van der Waals surface area (Å²) in [5.74, 6) is 0.862. The number of aromatic nitrogens is 3. The largest absolute Gasteiger partial charge is 0.324 e. The summed E-state index contributed by atoms with van der Waals surface area (Å²) in [5, 5.41) is 0. The second kappa shape index (κ2) is 5.45. The van der Waals surface area contributed by atoms with Crippen LogP contribution >= 0.6 is 0 Å². The van der Waals surface area contributed by atoms with E-state index in [2.05, 4.69) is 9.97 Å². The zero-order valence-corrected chi connectivity index (χ0v) is 10.9. The van der Waals surface area contributed by atoms with Crippen molar-refractivity contribution in [2.45, 2.75) is 38.1 Å². The minimum Gasteiger partial charge on any atom is -0.324 e. The van der Waals surface area contributed by atoms with Gasteiger partial charge in [-0.1, -0.05) is 12.5 Å². The SMILES string of the molecule is NC1CCCCc2nc(Cc3cccnc3)ncc21. The van der Waals surface area contributed by atoms with Crippen LogP contribution in [0.25, 0.3) is 0 Å². The molecule has 2 aromatic rings. The third kappa shape index (κ3) is 2.79. The molecule has 0 spiro atoms. The summed E-state index contributed by atoms with van der Waals surface area (Å²) in [7, 11) is 0. The van der Waals surface area contributed by atoms with Gasteiger partial charge in [-0.05, 0) is 30.9 Å². The van der Waals surface area contributed by atoms with Crippen LogP contribution in [-0.4, -0.2) is 15.0 Å². The van der Waals surface area contributed by atoms with Crippen LogP contribution < -0.4 is 5.73 Å². The first-order chi connectivity index (χ1) is 9.33. The fourth-order valence-electron chi connectivity index (χ4n) is 2.56. The van der Waals surface area contributed by atoms with E-state index in [1.54, 1.807) is 6.20 Å². The molecule has 0 aromatic carbocycles. The van der Waals surface area contributed by atoms with Gasteiger partial charge in [0.25, 0.3) is 0 Å². The number of pyridine rings is 1. The van der Waals surface area contributed by atoms with Crippen LogP contribution in [0.1, 0.15) is 47.9 Å². The van der Waals surface area contributed by atoms with Crippen molar-refractivity contribution in [2.75, 3.05) is 0 Å². The van der Waals surface area contributed by atoms with E-state index in [1.165, 1.54) is 12.8 Å². The lowest BCUT2D eigenvalue weighted by Gasteiger charge is -2.12. The molecule has 1 aliphatic carbocycles. The molecule has 0 saturated heterocycles. The molecule has 0 fully saturated rings. The number of fused-ring (bicyclic) bond motifs is 1. The van der Waals surface area contributed by atoms with Gasteiger partial charge in [-0.15, -0.1) is 0 Å². The van der Waals surface area contributed by atoms with Crippen molar-refractivity contribution in [1.29, 1.82) is 0 Å². The predicted octanol–water partition coefficient (Wildman–Crippen LogP) is 2.19. The van der Waals surface area contributed by atoms with Gasteiger partial charge in [-0.25, -0.2) is 9.97 Å². The summed E-state index contributed by atoms with van der Waals surface area (Å²) in [6, 6.07) is 4.09. The Morgan fingerprint density at radius 1 is 1.26 bits per heavy atom. The normalized spacial score (nSPS) is 18.7. The molecule has 1 aliphatic rings. The van der Waals surface area contributed by atoms with Crippen LogP contribution in [0.4, 0.5) is 0 Å². The van der Waals surface area contributed by atoms with Crippen LogP contribution in [0.2, 0.25) is 0 Å². The second-order valence-electron chi connectivity index (χ2n) is 5.08. The highest BCUT2D eigenvalue weighted by molar-refractivity contribution is 5.24. The highest BCUT2D eigenvalue weighted by Crippen LogP contribution is 2.25. The van der Waals surface area contributed by atoms with Gasteiger partial charge < -0.3 is 5.73 Å². The van der Waals surface area contributed by atoms with Crippen LogP contribution in [0.3, 0.4) is 0 Å². The van der Waals surface area contributed by atoms with Crippen LogP contribution in [0, 0.1) is 0 Å². The number of nitrogens with zero attached hydrogens (tertiary/aromatic N) is 3. The van der Waals surface area contributed by atoms with E-state index in [1.807, 2.05) is 24.5 Å². The van der Waals surface area contributed by atoms with Gasteiger partial charge >= 0.3 is 0 Å². The first-order valence-electron chi connectivity index (χ1n) is 6.82. The minimum atomic E-state index is 0.102. The smallest absolute Gasteiger partial charge is 0.132 e. The molecule has 0 bridgehead atoms. The lowest BCUT2D eigenvalue weighted by atomic mass is 10.1. The van der Waals surface area contributed by atoms with Crippen LogP contribution in [0.5, 0.6) is 0 Å². The third-order valence-corrected chi connectivity index (χ3v) is 3.61. The molecular formula is C15H18N4. The lowest BCUT2D eigenvalue weighted by molar-refractivity contribution is 0.614. The van der Waals surface area contributed by atoms with E-state index in [0.717, 1.165) is 41.9 Å². The zero-order valence-electron chi connectivity index (χ0n) is 10.9. The Morgan fingerprint density at radius 2 is 2.21 bits per heavy atom. The van der Waals surface area contributed by atoms with Crippen molar-refractivity contribution in [3.8, 4) is 0 Å². The van der Waals surface area contributed by atoms with Gasteiger partial charge in [-0.2, -0.15) is 0 Å². The fraction of sp³-hybridized carbons (Fsp3) is 0.400. The van der Waals surface area contributed by atoms with Gasteiger partial charge in [0.05, 0.1) is 0 Å². The number of nitrogens with two attached hydrogens (primary N) is 1. The van der Waals surface area contributed by atoms with Crippen LogP contribution in [0.15, 0.2) is 30.7 Å². The summed E-state index contributed by atoms with van der Waals surface area (Å²) in [6.07, 6.45) is 10.7. The van der Waals surface area contributed by atoms with Crippen molar-refractivity contribution >= 4 is 0 Å². The quantitative estimate of drug-likeness (QED) is 0.834. The van der Waals surface area contributed by atoms with E-state index in [9.17, 15) is 0 Å². The molecule has 0 radical (unpaired) electrons. The van der Waals surface area contributed by atoms with Gasteiger partial charge in [0, 0.05) is 42.3 Å². The molecule has 0 amide bonds. The van der Waals surface area contributed by atoms with Gasteiger partial charge in [-0.3, -0.25) is 4.98 Å². The monoisotopic (exact) mass is 254 g/mol. The standard InChI is InChI=1S/C15H18N4/c16-13-5-1-2-6-14-12(13)10-18-15(19-14)8-11-4-3-7-17-9-11/h3-4,7,9-10,13H,1-2,5-6,8,16H2. The Hall–Kier alpha value is -1.81. The van der Waals surface area contributed by atoms with Gasteiger partial charge in [0.2, 0.25) is 0 Å². The molecule has 1 unspecified atom stereocenters. The zero-order chi connectivity index (χ0) is 13.1. The van der Waals surface area contributed by atoms with E-state index < -0.39 is 0 Å². The van der Waals surface area contributed by atoms with Crippen LogP contribution in [-0.2, 0) is 12.8 Å². The summed E-state index contributed by atoms with van der Waals surface area (Å²) in [4.78, 5) is 13.3. The molecular weight excluding hydrogens is 236 g/mol. The number of rotatable bonds is 2. The fourth-order valence-corrected chi connectivity index (χ4v) is 2.56. The Balaban J connectivity index is 1.87. The minimum absolute atomic E-state index is 0.102. The Morgan fingerprint density at radius 3 is 3.05 bits per heavy atom. The lowest BCUT2D eigenvalue weighted by Crippen LogP contribution is -2.13. The summed E-state index contributed by atoms with van der Waals surface area (Å²) >= 11 is 0. The molecule has 0 aliphatic heterocycles. The molecule has 3 rings (SSSR count). The highest BCUT2D eigenvalue weighted by atomic mass is 14.9. The Labute approximate surface area is 113 Å². The number of aryl methyl sites for hydroxylation is 1. The maximum absolute atomic E-state index is 6.16. The Bertz CT molecular complexity index is 553. The average Bonchev–Trinajstić information content (AvgIpc) is 2.62. The summed E-state index contributed by atoms with van der Waals surface area (Å²) in [5.41, 5.74) is 9.57. The highest BCUT2D eigenvalue weighted by Gasteiger charge is 2.17. The second-order valence-corrected chi connectivity index (χ2v) is 5.08. The topological polar surface area (TPSA) is 64.7 Å². The van der Waals surface area contributed by atoms with Gasteiger partial charge in [0.1, 0.15) is 5.82 Å². The molecule has 4 heteroatoms. The molecule has 2 aromatic heterocycles. The van der Waals surface area contributed by atoms with Crippen molar-refractivity contribution in [2.24, 2.45) is 5.73 Å². The van der Waals surface area contributed by atoms with Crippen molar-refractivity contribution in [1.82, 2.24) is 15.0 Å². The van der Waals surface area contributed by atoms with E-state index >= 15 is 0 Å². The maximum Gasteiger partial charge on any atom is 0.132 e. The molecule has 2 heterocycles. The van der Waals surface area contributed by atoms with E-state index in [-0.39, 0.29) is 6.04 Å². The molecule has 1 atom stereocenters. The van der Waals surface area contributed by atoms with Crippen molar-refractivity contribution in [3.63, 3.8) is 0 Å². The molecule has 4 nitrogen and oxygen atoms in total. The number of hydrogen-bond acceptors (Lipinski definition) is 4. The first kappa shape index (κ1) is 12.2. The Kier molecular flexibility index (Phi) is 3.51. The van der Waals surface area contributed by atoms with E-state index in [4.69, 9.17) is 10.7 Å². The number of hydrogen-bond donors (Lipinski definition) is 1. The molecule has 98 valence electrons.